The molecular formula is C17H21N3O6S2. The number of nitrogens with zero attached hydrogens (tertiary/aromatic N) is 3. The highest BCUT2D eigenvalue weighted by atomic mass is 32.2. The van der Waals surface area contributed by atoms with Crippen LogP contribution >= 0.6 is 11.3 Å². The molecule has 1 amide bonds. The van der Waals surface area contributed by atoms with Crippen molar-refractivity contribution in [3.63, 3.8) is 0 Å². The summed E-state index contributed by atoms with van der Waals surface area (Å²) >= 11 is 1.71. The topological polar surface area (TPSA) is 126 Å². The van der Waals surface area contributed by atoms with Gasteiger partial charge in [0.15, 0.2) is 0 Å². The first-order valence-electron chi connectivity index (χ1n) is 8.01. The molecule has 0 aromatic carbocycles. The molecule has 0 aliphatic heterocycles. The average molecular weight is 428 g/mol. The summed E-state index contributed by atoms with van der Waals surface area (Å²) in [7, 11) is -2.58. The van der Waals surface area contributed by atoms with Gasteiger partial charge in [0, 0.05) is 0 Å². The summed E-state index contributed by atoms with van der Waals surface area (Å²) in [4.78, 5) is 28.0. The molecular weight excluding hydrogens is 406 g/mol. The normalized spacial score (nSPS) is 10.2. The van der Waals surface area contributed by atoms with Gasteiger partial charge in [0.25, 0.3) is 0 Å². The number of hydrogen-bond acceptors (Lipinski definition) is 8. The summed E-state index contributed by atoms with van der Waals surface area (Å²) in [6.07, 6.45) is -0.867. The Hall–Kier alpha value is -2.79. The molecule has 0 unspecified atom stereocenters. The van der Waals surface area contributed by atoms with Gasteiger partial charge in [0.05, 0.1) is 12.2 Å². The highest BCUT2D eigenvalue weighted by Gasteiger charge is 2.26. The molecule has 0 atom stereocenters. The average Bonchev–Trinajstić information content (AvgIpc) is 3.16. The van der Waals surface area contributed by atoms with E-state index < -0.39 is 34.7 Å². The lowest BCUT2D eigenvalue weighted by atomic mass is 10.2. The largest absolute Gasteiger partial charge is 0.480 e. The van der Waals surface area contributed by atoms with Gasteiger partial charge in [-0.15, -0.1) is 0 Å². The van der Waals surface area contributed by atoms with Gasteiger partial charge in [-0.05, 0) is 43.7 Å². The minimum Gasteiger partial charge on any atom is -0.480 e. The van der Waals surface area contributed by atoms with Crippen molar-refractivity contribution in [2.24, 2.45) is 4.36 Å². The van der Waals surface area contributed by atoms with E-state index in [1.54, 1.807) is 32.1 Å². The van der Waals surface area contributed by atoms with Crippen molar-refractivity contribution in [2.75, 3.05) is 11.4 Å². The first kappa shape index (κ1) is 23.2. The molecule has 28 heavy (non-hydrogen) atoms. The number of ether oxygens (including phenoxy) is 1. The Morgan fingerprint density at radius 3 is 2.32 bits per heavy atom. The highest BCUT2D eigenvalue weighted by Crippen LogP contribution is 2.17. The first-order chi connectivity index (χ1) is 13.1. The van der Waals surface area contributed by atoms with Crippen molar-refractivity contribution in [1.82, 2.24) is 4.98 Å². The Labute approximate surface area is 168 Å². The van der Waals surface area contributed by atoms with Crippen LogP contribution < -0.4 is 4.90 Å². The van der Waals surface area contributed by atoms with E-state index in [4.69, 9.17) is 9.84 Å². The summed E-state index contributed by atoms with van der Waals surface area (Å²) < 4.78 is 29.3. The number of carbonyl (C=O) groups is 2. The molecule has 2 aromatic rings. The second kappa shape index (κ2) is 11.1. The zero-order valence-electron chi connectivity index (χ0n) is 15.6. The van der Waals surface area contributed by atoms with Crippen molar-refractivity contribution in [1.29, 1.82) is 0 Å². The van der Waals surface area contributed by atoms with Crippen LogP contribution in [0.1, 0.15) is 26.5 Å². The van der Waals surface area contributed by atoms with Crippen LogP contribution in [-0.4, -0.2) is 42.7 Å². The van der Waals surface area contributed by atoms with Crippen molar-refractivity contribution in [3.8, 4) is 0 Å². The molecule has 9 nitrogen and oxygen atoms in total. The zero-order chi connectivity index (χ0) is 21.2. The number of aromatic nitrogens is 1. The lowest BCUT2D eigenvalue weighted by Crippen LogP contribution is -2.40. The Bertz CT molecular complexity index is 880. The molecule has 0 fully saturated rings. The monoisotopic (exact) mass is 427 g/mol. The number of carboxylic acids is 1. The maximum Gasteiger partial charge on any atom is 0.416 e. The van der Waals surface area contributed by atoms with Crippen molar-refractivity contribution in [2.45, 2.75) is 32.9 Å². The summed E-state index contributed by atoms with van der Waals surface area (Å²) in [5.74, 6) is -1.21. The molecule has 0 aliphatic rings. The standard InChI is InChI=1S/C13H17N3O6S.C4H4S/c1-13(2,3)22-12(19)16(8-11(17)18)10-6-4-5-9(15-10)7-14-23(20)21;1-2-4-5-3-1/h4-6H,7-8H2,1-3H3,(H,17,18);1-4H. The lowest BCUT2D eigenvalue weighted by Gasteiger charge is -2.25. The molecule has 11 heteroatoms. The van der Waals surface area contributed by atoms with Gasteiger partial charge in [0.1, 0.15) is 18.0 Å². The van der Waals surface area contributed by atoms with Crippen LogP contribution in [0.2, 0.25) is 0 Å². The maximum absolute atomic E-state index is 12.2. The highest BCUT2D eigenvalue weighted by molar-refractivity contribution is 7.61. The predicted molar refractivity (Wildman–Crippen MR) is 105 cm³/mol. The van der Waals surface area contributed by atoms with Crippen molar-refractivity contribution in [3.05, 3.63) is 46.8 Å². The smallest absolute Gasteiger partial charge is 0.416 e. The van der Waals surface area contributed by atoms with Gasteiger partial charge in [-0.2, -0.15) is 24.1 Å². The number of aliphatic carboxylic acids is 1. The molecule has 0 saturated carbocycles. The van der Waals surface area contributed by atoms with Gasteiger partial charge < -0.3 is 9.84 Å². The molecule has 1 N–H and O–H groups in total. The molecule has 152 valence electrons. The number of carbonyl (C=O) groups excluding carboxylic acids is 1. The van der Waals surface area contributed by atoms with E-state index >= 15 is 0 Å². The number of amides is 1. The van der Waals surface area contributed by atoms with Crippen LogP contribution in [-0.2, 0) is 26.6 Å². The van der Waals surface area contributed by atoms with E-state index in [9.17, 15) is 18.0 Å². The zero-order valence-corrected chi connectivity index (χ0v) is 17.2. The molecule has 2 aromatic heterocycles. The van der Waals surface area contributed by atoms with Gasteiger partial charge in [0.2, 0.25) is 0 Å². The molecule has 2 rings (SSSR count). The molecule has 0 radical (unpaired) electrons. The van der Waals surface area contributed by atoms with Crippen molar-refractivity contribution >= 4 is 39.7 Å². The third kappa shape index (κ3) is 9.78. The number of carboxylic acid groups (broad SMARTS) is 1. The van der Waals surface area contributed by atoms with Gasteiger partial charge >= 0.3 is 22.6 Å². The molecule has 0 saturated heterocycles. The molecule has 0 spiro atoms. The minimum atomic E-state index is -2.58. The lowest BCUT2D eigenvalue weighted by molar-refractivity contribution is -0.135. The predicted octanol–water partition coefficient (Wildman–Crippen LogP) is 3.22. The first-order valence-corrected chi connectivity index (χ1v) is 9.98. The van der Waals surface area contributed by atoms with Gasteiger partial charge in [-0.3, -0.25) is 9.69 Å². The third-order valence-electron chi connectivity index (χ3n) is 2.73. The van der Waals surface area contributed by atoms with Crippen LogP contribution in [0.3, 0.4) is 0 Å². The number of hydrogen-bond donors (Lipinski definition) is 1. The minimum absolute atomic E-state index is 0.0334. The van der Waals surface area contributed by atoms with Crippen LogP contribution in [0.25, 0.3) is 0 Å². The quantitative estimate of drug-likeness (QED) is 0.776. The van der Waals surface area contributed by atoms with Crippen molar-refractivity contribution < 1.29 is 27.9 Å². The number of rotatable bonds is 5. The van der Waals surface area contributed by atoms with Gasteiger partial charge in [-0.25, -0.2) is 9.78 Å². The summed E-state index contributed by atoms with van der Waals surface area (Å²) in [5.41, 5.74) is -0.536. The third-order valence-corrected chi connectivity index (χ3v) is 3.70. The number of anilines is 1. The SMILES string of the molecule is CC(C)(C)OC(=O)N(CC(=O)O)c1cccc(CN=S(=O)=O)n1.c1ccsc1. The summed E-state index contributed by atoms with van der Waals surface area (Å²) in [6, 6.07) is 8.48. The second-order valence-corrected chi connectivity index (χ2v) is 7.75. The Kier molecular flexibility index (Phi) is 9.25. The van der Waals surface area contributed by atoms with E-state index in [1.807, 2.05) is 22.9 Å². The van der Waals surface area contributed by atoms with Crippen LogP contribution in [0.4, 0.5) is 10.6 Å². The van der Waals surface area contributed by atoms with E-state index in [0.29, 0.717) is 0 Å². The number of thiophene rings is 1. The van der Waals surface area contributed by atoms with Crippen LogP contribution in [0.15, 0.2) is 45.5 Å². The Morgan fingerprint density at radius 2 is 1.86 bits per heavy atom. The van der Waals surface area contributed by atoms with Crippen LogP contribution in [0, 0.1) is 0 Å². The van der Waals surface area contributed by atoms with E-state index in [2.05, 4.69) is 9.35 Å². The van der Waals surface area contributed by atoms with Gasteiger partial charge in [-0.1, -0.05) is 18.2 Å². The summed E-state index contributed by atoms with van der Waals surface area (Å²) in [5, 5.41) is 13.0. The second-order valence-electron chi connectivity index (χ2n) is 6.24. The Morgan fingerprint density at radius 1 is 1.21 bits per heavy atom. The Balaban J connectivity index is 0.000000674. The number of pyridine rings is 1. The fraction of sp³-hybridized carbons (Fsp3) is 0.353. The molecule has 0 aliphatic carbocycles. The van der Waals surface area contributed by atoms with Crippen LogP contribution in [0.5, 0.6) is 0 Å². The summed E-state index contributed by atoms with van der Waals surface area (Å²) in [6.45, 7) is 4.09. The van der Waals surface area contributed by atoms with E-state index in [0.717, 1.165) is 4.90 Å². The molecule has 0 bridgehead atoms. The molecule has 2 heterocycles. The fourth-order valence-corrected chi connectivity index (χ4v) is 2.43. The van der Waals surface area contributed by atoms with E-state index in [1.165, 1.54) is 18.2 Å². The maximum atomic E-state index is 12.2. The fourth-order valence-electron chi connectivity index (χ4n) is 1.74. The van der Waals surface area contributed by atoms with E-state index in [-0.39, 0.29) is 18.1 Å².